The molecule has 0 saturated heterocycles. The minimum absolute atomic E-state index is 0.311. The van der Waals surface area contributed by atoms with Crippen molar-refractivity contribution in [1.82, 2.24) is 0 Å². The fraction of sp³-hybridized carbons (Fsp3) is 0.462. The van der Waals surface area contributed by atoms with Gasteiger partial charge < -0.3 is 4.84 Å². The first-order valence-corrected chi connectivity index (χ1v) is 6.65. The smallest absolute Gasteiger partial charge is 0.133 e. The van der Waals surface area contributed by atoms with Crippen LogP contribution in [0.2, 0.25) is 0 Å². The minimum Gasteiger partial charge on any atom is -0.391 e. The molecule has 1 aliphatic heterocycles. The van der Waals surface area contributed by atoms with Gasteiger partial charge >= 0.3 is 0 Å². The molecule has 2 rings (SSSR count). The van der Waals surface area contributed by atoms with Crippen LogP contribution in [0.4, 0.5) is 0 Å². The molecule has 0 saturated carbocycles. The van der Waals surface area contributed by atoms with Crippen molar-refractivity contribution in [1.29, 1.82) is 0 Å². The van der Waals surface area contributed by atoms with E-state index in [1.165, 1.54) is 17.7 Å². The Morgan fingerprint density at radius 3 is 2.94 bits per heavy atom. The van der Waals surface area contributed by atoms with Gasteiger partial charge in [0.05, 0.1) is 0 Å². The van der Waals surface area contributed by atoms with E-state index >= 15 is 0 Å². The van der Waals surface area contributed by atoms with Gasteiger partial charge in [0, 0.05) is 11.3 Å². The van der Waals surface area contributed by atoms with E-state index in [-0.39, 0.29) is 0 Å². The van der Waals surface area contributed by atoms with Gasteiger partial charge in [0.15, 0.2) is 0 Å². The standard InChI is InChI=1S/C13H17NOS/c1-2-3-7-11-10-13(14-15-11)16-12-8-5-4-6-9-12/h4-6,8-9,11H,2-3,7,10H2,1H3. The van der Waals surface area contributed by atoms with E-state index < -0.39 is 0 Å². The fourth-order valence-electron chi connectivity index (χ4n) is 1.67. The molecular weight excluding hydrogens is 218 g/mol. The number of hydrogen-bond acceptors (Lipinski definition) is 3. The summed E-state index contributed by atoms with van der Waals surface area (Å²) in [7, 11) is 0. The molecule has 16 heavy (non-hydrogen) atoms. The van der Waals surface area contributed by atoms with Crippen LogP contribution in [0.15, 0.2) is 40.4 Å². The summed E-state index contributed by atoms with van der Waals surface area (Å²) in [6.45, 7) is 2.20. The fourth-order valence-corrected chi connectivity index (χ4v) is 2.59. The Morgan fingerprint density at radius 1 is 1.38 bits per heavy atom. The molecule has 1 atom stereocenters. The predicted octanol–water partition coefficient (Wildman–Crippen LogP) is 4.07. The summed E-state index contributed by atoms with van der Waals surface area (Å²) >= 11 is 1.71. The molecule has 0 N–H and O–H groups in total. The number of nitrogens with zero attached hydrogens (tertiary/aromatic N) is 1. The average Bonchev–Trinajstić information content (AvgIpc) is 2.75. The second kappa shape index (κ2) is 5.94. The summed E-state index contributed by atoms with van der Waals surface area (Å²) in [5.74, 6) is 0. The Bertz CT molecular complexity index is 350. The maximum Gasteiger partial charge on any atom is 0.133 e. The van der Waals surface area contributed by atoms with E-state index in [1.54, 1.807) is 11.8 Å². The van der Waals surface area contributed by atoms with Crippen molar-refractivity contribution >= 4 is 16.8 Å². The molecule has 86 valence electrons. The Kier molecular flexibility index (Phi) is 4.28. The first-order chi connectivity index (χ1) is 7.88. The van der Waals surface area contributed by atoms with Crippen molar-refractivity contribution in [3.8, 4) is 0 Å². The number of benzene rings is 1. The monoisotopic (exact) mass is 235 g/mol. The lowest BCUT2D eigenvalue weighted by atomic mass is 10.1. The number of oxime groups is 1. The van der Waals surface area contributed by atoms with Crippen LogP contribution in [0, 0.1) is 0 Å². The zero-order valence-electron chi connectivity index (χ0n) is 9.56. The Balaban J connectivity index is 1.81. The van der Waals surface area contributed by atoms with Gasteiger partial charge in [-0.25, -0.2) is 0 Å². The second-order valence-corrected chi connectivity index (χ2v) is 5.12. The highest BCUT2D eigenvalue weighted by Crippen LogP contribution is 2.27. The molecule has 0 aromatic heterocycles. The predicted molar refractivity (Wildman–Crippen MR) is 68.7 cm³/mol. The van der Waals surface area contributed by atoms with E-state index in [0.717, 1.165) is 17.9 Å². The van der Waals surface area contributed by atoms with Gasteiger partial charge in [0.25, 0.3) is 0 Å². The number of hydrogen-bond donors (Lipinski definition) is 0. The minimum atomic E-state index is 0.311. The third-order valence-electron chi connectivity index (χ3n) is 2.56. The SMILES string of the molecule is CCCCC1CC(Sc2ccccc2)=NO1. The third-order valence-corrected chi connectivity index (χ3v) is 3.55. The topological polar surface area (TPSA) is 21.6 Å². The van der Waals surface area contributed by atoms with Crippen molar-refractivity contribution in [3.05, 3.63) is 30.3 Å². The lowest BCUT2D eigenvalue weighted by molar-refractivity contribution is 0.0775. The molecule has 1 heterocycles. The maximum absolute atomic E-state index is 5.41. The molecule has 0 aliphatic carbocycles. The van der Waals surface area contributed by atoms with Gasteiger partial charge in [-0.3, -0.25) is 0 Å². The highest BCUT2D eigenvalue weighted by molar-refractivity contribution is 8.14. The Labute approximate surface area is 101 Å². The van der Waals surface area contributed by atoms with Crippen LogP contribution in [0.5, 0.6) is 0 Å². The number of thioether (sulfide) groups is 1. The Morgan fingerprint density at radius 2 is 2.19 bits per heavy atom. The first kappa shape index (κ1) is 11.5. The van der Waals surface area contributed by atoms with Crippen molar-refractivity contribution in [2.45, 2.75) is 43.6 Å². The van der Waals surface area contributed by atoms with E-state index in [2.05, 4.69) is 24.2 Å². The van der Waals surface area contributed by atoms with Crippen LogP contribution in [0.25, 0.3) is 0 Å². The van der Waals surface area contributed by atoms with Crippen molar-refractivity contribution < 1.29 is 4.84 Å². The largest absolute Gasteiger partial charge is 0.391 e. The molecular formula is C13H17NOS. The van der Waals surface area contributed by atoms with Crippen molar-refractivity contribution in [3.63, 3.8) is 0 Å². The molecule has 1 aromatic carbocycles. The maximum atomic E-state index is 5.41. The molecule has 1 aliphatic rings. The molecule has 0 radical (unpaired) electrons. The van der Waals surface area contributed by atoms with Crippen LogP contribution in [-0.2, 0) is 4.84 Å². The molecule has 2 nitrogen and oxygen atoms in total. The van der Waals surface area contributed by atoms with Gasteiger partial charge in [-0.1, -0.05) is 48.5 Å². The Hall–Kier alpha value is -0.960. The lowest BCUT2D eigenvalue weighted by Gasteiger charge is -2.05. The third kappa shape index (κ3) is 3.27. The lowest BCUT2D eigenvalue weighted by Crippen LogP contribution is -2.05. The van der Waals surface area contributed by atoms with Gasteiger partial charge in [-0.2, -0.15) is 0 Å². The van der Waals surface area contributed by atoms with Gasteiger partial charge in [0.1, 0.15) is 11.1 Å². The van der Waals surface area contributed by atoms with Crippen LogP contribution in [0.3, 0.4) is 0 Å². The van der Waals surface area contributed by atoms with Crippen LogP contribution >= 0.6 is 11.8 Å². The summed E-state index contributed by atoms with van der Waals surface area (Å²) in [5, 5.41) is 5.25. The van der Waals surface area contributed by atoms with Gasteiger partial charge in [-0.15, -0.1) is 0 Å². The van der Waals surface area contributed by atoms with Crippen molar-refractivity contribution in [2.75, 3.05) is 0 Å². The highest BCUT2D eigenvalue weighted by atomic mass is 32.2. The molecule has 1 unspecified atom stereocenters. The molecule has 0 spiro atoms. The van der Waals surface area contributed by atoms with E-state index in [0.29, 0.717) is 6.10 Å². The van der Waals surface area contributed by atoms with E-state index in [9.17, 15) is 0 Å². The van der Waals surface area contributed by atoms with Crippen LogP contribution in [0.1, 0.15) is 32.6 Å². The summed E-state index contributed by atoms with van der Waals surface area (Å²) in [5.41, 5.74) is 0. The van der Waals surface area contributed by atoms with Crippen LogP contribution < -0.4 is 0 Å². The normalized spacial score (nSPS) is 19.3. The van der Waals surface area contributed by atoms with Crippen LogP contribution in [-0.4, -0.2) is 11.1 Å². The molecule has 0 fully saturated rings. The first-order valence-electron chi connectivity index (χ1n) is 5.84. The summed E-state index contributed by atoms with van der Waals surface area (Å²) in [6, 6.07) is 10.3. The average molecular weight is 235 g/mol. The zero-order chi connectivity index (χ0) is 11.2. The number of unbranched alkanes of at least 4 members (excludes halogenated alkanes) is 1. The zero-order valence-corrected chi connectivity index (χ0v) is 10.4. The summed E-state index contributed by atoms with van der Waals surface area (Å²) in [4.78, 5) is 6.64. The van der Waals surface area contributed by atoms with E-state index in [4.69, 9.17) is 4.84 Å². The van der Waals surface area contributed by atoms with Gasteiger partial charge in [0.2, 0.25) is 0 Å². The van der Waals surface area contributed by atoms with E-state index in [1.807, 2.05) is 18.2 Å². The molecule has 0 amide bonds. The molecule has 0 bridgehead atoms. The molecule has 1 aromatic rings. The summed E-state index contributed by atoms with van der Waals surface area (Å²) < 4.78 is 0. The summed E-state index contributed by atoms with van der Waals surface area (Å²) in [6.07, 6.45) is 4.86. The van der Waals surface area contributed by atoms with Crippen molar-refractivity contribution in [2.24, 2.45) is 5.16 Å². The quantitative estimate of drug-likeness (QED) is 0.784. The van der Waals surface area contributed by atoms with Gasteiger partial charge in [-0.05, 0) is 25.0 Å². The molecule has 3 heteroatoms. The number of rotatable bonds is 4. The highest BCUT2D eigenvalue weighted by Gasteiger charge is 2.20. The second-order valence-electron chi connectivity index (χ2n) is 3.97.